The van der Waals surface area contributed by atoms with Crippen molar-refractivity contribution < 1.29 is 14.2 Å². The Morgan fingerprint density at radius 2 is 1.95 bits per heavy atom. The molecule has 0 radical (unpaired) electrons. The minimum absolute atomic E-state index is 0.187. The number of aliphatic hydroxyl groups excluding tert-OH is 1. The molecule has 106 valence electrons. The maximum atomic E-state index is 13.0. The number of benzene rings is 2. The van der Waals surface area contributed by atoms with Gasteiger partial charge in [-0.3, -0.25) is 0 Å². The van der Waals surface area contributed by atoms with Gasteiger partial charge in [0.25, 0.3) is 0 Å². The van der Waals surface area contributed by atoms with Crippen molar-refractivity contribution in [2.24, 2.45) is 0 Å². The zero-order valence-corrected chi connectivity index (χ0v) is 11.6. The molecule has 0 spiro atoms. The number of anilines is 1. The van der Waals surface area contributed by atoms with Crippen molar-refractivity contribution in [3.8, 4) is 5.75 Å². The highest BCUT2D eigenvalue weighted by Gasteiger charge is 2.07. The van der Waals surface area contributed by atoms with E-state index in [-0.39, 0.29) is 12.4 Å². The van der Waals surface area contributed by atoms with Crippen LogP contribution < -0.4 is 10.5 Å². The Balaban J connectivity index is 1.75. The average molecular weight is 293 g/mol. The molecule has 2 aromatic carbocycles. The number of halogens is 1. The van der Waals surface area contributed by atoms with E-state index in [1.807, 2.05) is 0 Å². The van der Waals surface area contributed by atoms with E-state index < -0.39 is 6.10 Å². The van der Waals surface area contributed by atoms with Crippen LogP contribution >= 0.6 is 11.8 Å². The van der Waals surface area contributed by atoms with Gasteiger partial charge < -0.3 is 15.6 Å². The normalized spacial score (nSPS) is 12.1. The Bertz CT molecular complexity index is 548. The molecule has 2 rings (SSSR count). The summed E-state index contributed by atoms with van der Waals surface area (Å²) in [6.07, 6.45) is -0.624. The van der Waals surface area contributed by atoms with Crippen LogP contribution in [0.2, 0.25) is 0 Å². The van der Waals surface area contributed by atoms with Gasteiger partial charge >= 0.3 is 0 Å². The summed E-state index contributed by atoms with van der Waals surface area (Å²) in [5.74, 6) is 0.829. The van der Waals surface area contributed by atoms with E-state index in [0.717, 1.165) is 4.90 Å². The van der Waals surface area contributed by atoms with Gasteiger partial charge in [-0.2, -0.15) is 0 Å². The van der Waals surface area contributed by atoms with Crippen molar-refractivity contribution in [3.05, 3.63) is 54.3 Å². The zero-order chi connectivity index (χ0) is 14.4. The van der Waals surface area contributed by atoms with E-state index in [1.165, 1.54) is 23.9 Å². The van der Waals surface area contributed by atoms with Crippen LogP contribution in [0.5, 0.6) is 5.75 Å². The third-order valence-electron chi connectivity index (χ3n) is 2.56. The molecule has 0 aliphatic rings. The molecule has 5 heteroatoms. The number of hydrogen-bond acceptors (Lipinski definition) is 4. The van der Waals surface area contributed by atoms with Crippen LogP contribution in [0.1, 0.15) is 0 Å². The summed E-state index contributed by atoms with van der Waals surface area (Å²) in [5.41, 5.74) is 6.23. The summed E-state index contributed by atoms with van der Waals surface area (Å²) in [6.45, 7) is 0.187. The number of aliphatic hydroxyl groups is 1. The molecule has 0 amide bonds. The van der Waals surface area contributed by atoms with Crippen molar-refractivity contribution >= 4 is 17.4 Å². The lowest BCUT2D eigenvalue weighted by atomic mass is 10.3. The Labute approximate surface area is 121 Å². The molecule has 0 saturated carbocycles. The first kappa shape index (κ1) is 14.7. The van der Waals surface area contributed by atoms with Gasteiger partial charge in [0.05, 0.1) is 6.10 Å². The van der Waals surface area contributed by atoms with Crippen molar-refractivity contribution in [2.75, 3.05) is 18.1 Å². The summed E-state index contributed by atoms with van der Waals surface area (Å²) in [4.78, 5) is 0.788. The zero-order valence-electron chi connectivity index (χ0n) is 10.8. The second kappa shape index (κ2) is 7.17. The highest BCUT2D eigenvalue weighted by atomic mass is 32.2. The van der Waals surface area contributed by atoms with Gasteiger partial charge in [0.15, 0.2) is 0 Å². The second-order valence-electron chi connectivity index (χ2n) is 4.30. The fourth-order valence-electron chi connectivity index (χ4n) is 1.55. The maximum absolute atomic E-state index is 13.0. The standard InChI is InChI=1S/C15H16FNO2S/c16-11-2-1-3-15(8-11)20-10-13(18)9-19-14-6-4-12(17)5-7-14/h1-8,13,18H,9-10,17H2. The molecule has 3 nitrogen and oxygen atoms in total. The lowest BCUT2D eigenvalue weighted by Gasteiger charge is -2.12. The Hall–Kier alpha value is -1.72. The van der Waals surface area contributed by atoms with Crippen LogP contribution in [0.4, 0.5) is 10.1 Å². The molecule has 0 aliphatic heterocycles. The van der Waals surface area contributed by atoms with Gasteiger partial charge in [-0.25, -0.2) is 4.39 Å². The fourth-order valence-corrected chi connectivity index (χ4v) is 2.41. The smallest absolute Gasteiger partial charge is 0.124 e. The van der Waals surface area contributed by atoms with Gasteiger partial charge in [-0.05, 0) is 42.5 Å². The van der Waals surface area contributed by atoms with Gasteiger partial charge in [-0.15, -0.1) is 11.8 Å². The number of nitrogen functional groups attached to an aromatic ring is 1. The highest BCUT2D eigenvalue weighted by molar-refractivity contribution is 7.99. The van der Waals surface area contributed by atoms with E-state index in [2.05, 4.69) is 0 Å². The first-order valence-electron chi connectivity index (χ1n) is 6.18. The summed E-state index contributed by atoms with van der Waals surface area (Å²) < 4.78 is 18.4. The molecule has 0 saturated heterocycles. The first-order valence-corrected chi connectivity index (χ1v) is 7.17. The number of ether oxygens (including phenoxy) is 1. The van der Waals surface area contributed by atoms with Gasteiger partial charge in [0.1, 0.15) is 18.2 Å². The molecular weight excluding hydrogens is 277 g/mol. The Morgan fingerprint density at radius 1 is 1.20 bits per heavy atom. The largest absolute Gasteiger partial charge is 0.491 e. The van der Waals surface area contributed by atoms with Crippen LogP contribution in [0.3, 0.4) is 0 Å². The topological polar surface area (TPSA) is 55.5 Å². The molecule has 0 bridgehead atoms. The number of thioether (sulfide) groups is 1. The second-order valence-corrected chi connectivity index (χ2v) is 5.40. The van der Waals surface area contributed by atoms with Crippen molar-refractivity contribution in [3.63, 3.8) is 0 Å². The van der Waals surface area contributed by atoms with Crippen LogP contribution in [-0.2, 0) is 0 Å². The van der Waals surface area contributed by atoms with Crippen LogP contribution in [0.25, 0.3) is 0 Å². The lowest BCUT2D eigenvalue weighted by molar-refractivity contribution is 0.126. The molecule has 3 N–H and O–H groups in total. The predicted molar refractivity (Wildman–Crippen MR) is 79.5 cm³/mol. The molecular formula is C15H16FNO2S. The summed E-state index contributed by atoms with van der Waals surface area (Å²) >= 11 is 1.39. The predicted octanol–water partition coefficient (Wildman–Crippen LogP) is 2.94. The molecule has 1 unspecified atom stereocenters. The van der Waals surface area contributed by atoms with Crippen LogP contribution in [0, 0.1) is 5.82 Å². The number of rotatable bonds is 6. The molecule has 20 heavy (non-hydrogen) atoms. The van der Waals surface area contributed by atoms with E-state index in [1.54, 1.807) is 36.4 Å². The molecule has 1 atom stereocenters. The minimum Gasteiger partial charge on any atom is -0.491 e. The number of hydrogen-bond donors (Lipinski definition) is 2. The molecule has 0 aliphatic carbocycles. The molecule has 0 heterocycles. The Kier molecular flexibility index (Phi) is 5.26. The summed E-state index contributed by atoms with van der Waals surface area (Å²) in [5, 5.41) is 9.83. The third kappa shape index (κ3) is 4.75. The van der Waals surface area contributed by atoms with E-state index >= 15 is 0 Å². The molecule has 0 fully saturated rings. The van der Waals surface area contributed by atoms with Gasteiger partial charge in [0, 0.05) is 16.3 Å². The molecule has 0 aromatic heterocycles. The van der Waals surface area contributed by atoms with Gasteiger partial charge in [0.2, 0.25) is 0 Å². The van der Waals surface area contributed by atoms with Crippen molar-refractivity contribution in [1.82, 2.24) is 0 Å². The SMILES string of the molecule is Nc1ccc(OCC(O)CSc2cccc(F)c2)cc1. The molecule has 2 aromatic rings. The Morgan fingerprint density at radius 3 is 2.65 bits per heavy atom. The fraction of sp³-hybridized carbons (Fsp3) is 0.200. The first-order chi connectivity index (χ1) is 9.63. The van der Waals surface area contributed by atoms with Gasteiger partial charge in [-0.1, -0.05) is 6.07 Å². The van der Waals surface area contributed by atoms with Crippen molar-refractivity contribution in [2.45, 2.75) is 11.0 Å². The number of nitrogens with two attached hydrogens (primary N) is 1. The van der Waals surface area contributed by atoms with Crippen LogP contribution in [-0.4, -0.2) is 23.6 Å². The van der Waals surface area contributed by atoms with E-state index in [0.29, 0.717) is 17.2 Å². The maximum Gasteiger partial charge on any atom is 0.124 e. The highest BCUT2D eigenvalue weighted by Crippen LogP contribution is 2.20. The minimum atomic E-state index is -0.624. The van der Waals surface area contributed by atoms with Crippen LogP contribution in [0.15, 0.2) is 53.4 Å². The summed E-state index contributed by atoms with van der Waals surface area (Å²) in [7, 11) is 0. The monoisotopic (exact) mass is 293 g/mol. The lowest BCUT2D eigenvalue weighted by Crippen LogP contribution is -2.20. The van der Waals surface area contributed by atoms with Crippen molar-refractivity contribution in [1.29, 1.82) is 0 Å². The summed E-state index contributed by atoms with van der Waals surface area (Å²) in [6, 6.07) is 13.3. The quantitative estimate of drug-likeness (QED) is 0.635. The van der Waals surface area contributed by atoms with E-state index in [9.17, 15) is 9.50 Å². The van der Waals surface area contributed by atoms with E-state index in [4.69, 9.17) is 10.5 Å². The average Bonchev–Trinajstić information content (AvgIpc) is 2.45. The third-order valence-corrected chi connectivity index (χ3v) is 3.70.